The van der Waals surface area contributed by atoms with Crippen molar-refractivity contribution in [2.24, 2.45) is 46.4 Å². The van der Waals surface area contributed by atoms with Gasteiger partial charge >= 0.3 is 0 Å². The molecule has 0 aromatic heterocycles. The van der Waals surface area contributed by atoms with Crippen molar-refractivity contribution in [1.82, 2.24) is 95.3 Å². The van der Waals surface area contributed by atoms with Crippen LogP contribution in [-0.4, -0.2) is 259 Å². The maximum Gasteiger partial charge on any atom is 0.245 e. The predicted molar refractivity (Wildman–Crippen MR) is 472 cm³/mol. The molecule has 15 amide bonds. The Kier molecular flexibility index (Phi) is 46.0. The zero-order valence-corrected chi connectivity index (χ0v) is 73.8. The van der Waals surface area contributed by atoms with E-state index in [4.69, 9.17) is 44.9 Å². The fourth-order valence-corrected chi connectivity index (χ4v) is 16.3. The SMILES string of the molecule is CC[C@H](C)[C@@H]1NC(=O)[C@@H]2CSSC[C@H](NC(=O)[C@H](CCCCN)NC(=O)[C@H](CC(C)C)NC(=O)[C@H](CCCCN)NC(=O)[C@@H]3CCCN3C(=O)[C@H](CCCNC(=N)N)NC1=O)C(=O)N[C@@H](Cc1ccc(O)cc1)C(=O)NCC(=O)NCC(=O)N[C@@H](Cc1ccccc1)C(=O)N[C@@H](CC(C)C)C(=O)N[C@@H](CCCNC(=N)N)C(=O)NC(CCCNC(=N)N)C(=O)N2. The lowest BCUT2D eigenvalue weighted by atomic mass is 9.97. The highest BCUT2D eigenvalue weighted by Crippen LogP contribution is 2.26. The fourth-order valence-electron chi connectivity index (χ4n) is 14.0. The third kappa shape index (κ3) is 38.0. The number of nitrogens with two attached hydrogens (primary N) is 5. The standard InChI is InChI=1S/C81H132N26O16S2/c1-7-47(6)65-77(122)100-55(25-17-35-92-81(88)89)78(123)107-36-18-26-62(107)76(121)99-52(22-12-14-32-83)68(113)101-56(37-45(2)3)71(116)97-51(21-11-13-31-82)69(114)104-60-43-124-125-44-61(75(120)106-65)105-70(115)54(24-16-34-91-80(86)87)96-67(112)53(23-15-33-90-79(84)85)98-72(117)57(38-46(4)5)102-73(118)59(39-48-19-9-8-10-20-48)95-64(110)42-93-63(109)41-94-66(111)58(103-74(60)119)40-49-27-29-50(108)30-28-49/h8-10,19-20,27-30,45-47,51-62,65,108H,7,11-18,21-26,31-44,82-83H2,1-6H3,(H,93,109)(H,94,111)(H,95,110)(H,96,112)(H,97,116)(H,98,117)(H,99,121)(H,100,122)(H,101,113)(H,102,118)(H,103,119)(H,104,114)(H,105,115)(H,106,120)(H4,84,85,90)(H4,86,87,91)(H4,88,89,92)/t47-,51-,52-,53-,54?,55-,56-,57-,58-,59-,60-,61-,62-,65-/m0/s1. The molecule has 5 rings (SSSR count). The summed E-state index contributed by atoms with van der Waals surface area (Å²) in [6, 6.07) is -5.47. The second-order valence-electron chi connectivity index (χ2n) is 32.2. The summed E-state index contributed by atoms with van der Waals surface area (Å²) in [4.78, 5) is 226. The van der Waals surface area contributed by atoms with Gasteiger partial charge < -0.3 is 129 Å². The summed E-state index contributed by atoms with van der Waals surface area (Å²) in [5, 5.41) is 79.7. The van der Waals surface area contributed by atoms with Crippen molar-refractivity contribution in [2.45, 2.75) is 242 Å². The first kappa shape index (κ1) is 104. The van der Waals surface area contributed by atoms with Crippen molar-refractivity contribution in [1.29, 1.82) is 16.2 Å². The lowest BCUT2D eigenvalue weighted by molar-refractivity contribution is -0.143. The zero-order valence-electron chi connectivity index (χ0n) is 72.2. The molecule has 125 heavy (non-hydrogen) atoms. The molecule has 0 saturated carbocycles. The van der Waals surface area contributed by atoms with E-state index >= 15 is 33.6 Å². The van der Waals surface area contributed by atoms with Crippen molar-refractivity contribution in [2.75, 3.05) is 63.9 Å². The second-order valence-corrected chi connectivity index (χ2v) is 34.7. The highest BCUT2D eigenvalue weighted by molar-refractivity contribution is 8.76. The van der Waals surface area contributed by atoms with E-state index in [9.17, 15) is 43.5 Å². The van der Waals surface area contributed by atoms with E-state index in [1.165, 1.54) is 29.2 Å². The van der Waals surface area contributed by atoms with Crippen LogP contribution in [0.3, 0.4) is 0 Å². The van der Waals surface area contributed by atoms with Gasteiger partial charge in [0.05, 0.1) is 13.1 Å². The third-order valence-electron chi connectivity index (χ3n) is 20.9. The number of amides is 15. The van der Waals surface area contributed by atoms with Crippen LogP contribution in [0.25, 0.3) is 0 Å². The number of guanidine groups is 3. The molecule has 42 nitrogen and oxygen atoms in total. The molecule has 2 aromatic rings. The Morgan fingerprint density at radius 2 is 0.816 bits per heavy atom. The minimum atomic E-state index is -1.75. The van der Waals surface area contributed by atoms with Crippen LogP contribution in [0.5, 0.6) is 5.75 Å². The Morgan fingerprint density at radius 3 is 1.27 bits per heavy atom. The molecule has 1 unspecified atom stereocenters. The van der Waals surface area contributed by atoms with E-state index in [0.29, 0.717) is 36.8 Å². The maximum absolute atomic E-state index is 15.6. The number of fused-ring (bicyclic) bond motifs is 6. The van der Waals surface area contributed by atoms with Gasteiger partial charge in [0.1, 0.15) is 84.3 Å². The van der Waals surface area contributed by atoms with E-state index in [1.807, 2.05) is 0 Å². The number of aromatic hydroxyl groups is 1. The Morgan fingerprint density at radius 1 is 0.432 bits per heavy atom. The number of unbranched alkanes of at least 4 members (excludes halogenated alkanes) is 2. The zero-order chi connectivity index (χ0) is 92.2. The van der Waals surface area contributed by atoms with Gasteiger partial charge in [-0.15, -0.1) is 0 Å². The van der Waals surface area contributed by atoms with E-state index in [0.717, 1.165) is 21.6 Å². The molecular formula is C81H132N26O16S2. The van der Waals surface area contributed by atoms with Crippen LogP contribution in [0.15, 0.2) is 54.6 Å². The van der Waals surface area contributed by atoms with Gasteiger partial charge in [0.2, 0.25) is 88.6 Å². The Bertz CT molecular complexity index is 3970. The number of carbonyl (C=O) groups is 15. The number of rotatable bonds is 30. The smallest absolute Gasteiger partial charge is 0.245 e. The normalized spacial score (nSPS) is 24.5. The van der Waals surface area contributed by atoms with Gasteiger partial charge in [-0.3, -0.25) is 88.1 Å². The summed E-state index contributed by atoms with van der Waals surface area (Å²) in [6.45, 7) is 9.25. The number of carbonyl (C=O) groups excluding carboxylic acids is 15. The lowest BCUT2D eigenvalue weighted by Gasteiger charge is -2.32. The topological polar surface area (TPSA) is 686 Å². The van der Waals surface area contributed by atoms with Crippen molar-refractivity contribution < 1.29 is 77.0 Å². The van der Waals surface area contributed by atoms with E-state index < -0.39 is 210 Å². The quantitative estimate of drug-likeness (QED) is 0.0153. The van der Waals surface area contributed by atoms with E-state index in [2.05, 4.69) is 90.4 Å². The number of benzene rings is 2. The molecule has 3 saturated heterocycles. The molecule has 3 fully saturated rings. The monoisotopic (exact) mass is 1790 g/mol. The van der Waals surface area contributed by atoms with Crippen LogP contribution in [0.2, 0.25) is 0 Å². The van der Waals surface area contributed by atoms with Crippen molar-refractivity contribution in [3.8, 4) is 5.75 Å². The fraction of sp³-hybridized carbons (Fsp3) is 0.630. The molecule has 14 atom stereocenters. The summed E-state index contributed by atoms with van der Waals surface area (Å²) < 4.78 is 0. The van der Waals surface area contributed by atoms with E-state index in [1.54, 1.807) is 71.9 Å². The van der Waals surface area contributed by atoms with Gasteiger partial charge in [0.15, 0.2) is 17.9 Å². The average molecular weight is 1790 g/mol. The van der Waals surface area contributed by atoms with Crippen LogP contribution < -0.4 is 119 Å². The Balaban J connectivity index is 1.80. The second kappa shape index (κ2) is 55.1. The molecule has 0 radical (unpaired) electrons. The summed E-state index contributed by atoms with van der Waals surface area (Å²) in [5.74, 6) is -17.3. The first-order valence-corrected chi connectivity index (χ1v) is 45.2. The minimum Gasteiger partial charge on any atom is -0.508 e. The van der Waals surface area contributed by atoms with Gasteiger partial charge in [-0.05, 0) is 157 Å². The summed E-state index contributed by atoms with van der Waals surface area (Å²) in [5.41, 5.74) is 29.8. The minimum absolute atomic E-state index is 0.00181. The highest BCUT2D eigenvalue weighted by Gasteiger charge is 2.43. The van der Waals surface area contributed by atoms with E-state index in [-0.39, 0.29) is 159 Å². The van der Waals surface area contributed by atoms with Gasteiger partial charge in [-0.25, -0.2) is 0 Å². The number of hydrogen-bond donors (Lipinski definition) is 26. The van der Waals surface area contributed by atoms with Crippen LogP contribution in [0.1, 0.15) is 162 Å². The molecule has 2 bridgehead atoms. The first-order valence-electron chi connectivity index (χ1n) is 42.7. The van der Waals surface area contributed by atoms with Crippen LogP contribution in [0, 0.1) is 34.0 Å². The molecule has 3 aliphatic rings. The molecule has 694 valence electrons. The number of nitrogens with one attached hydrogen (secondary N) is 20. The molecule has 0 aliphatic carbocycles. The largest absolute Gasteiger partial charge is 0.508 e. The van der Waals surface area contributed by atoms with Crippen molar-refractivity contribution in [3.05, 3.63) is 65.7 Å². The summed E-state index contributed by atoms with van der Waals surface area (Å²) >= 11 is 0. The predicted octanol–water partition coefficient (Wildman–Crippen LogP) is -4.19. The third-order valence-corrected chi connectivity index (χ3v) is 23.4. The number of hydrogen-bond acceptors (Lipinski definition) is 23. The lowest BCUT2D eigenvalue weighted by Crippen LogP contribution is -2.62. The molecule has 44 heteroatoms. The highest BCUT2D eigenvalue weighted by atomic mass is 33.1. The average Bonchev–Trinajstić information content (AvgIpc) is 1.72. The molecule has 0 spiro atoms. The van der Waals surface area contributed by atoms with Gasteiger partial charge in [-0.2, -0.15) is 0 Å². The van der Waals surface area contributed by atoms with Crippen molar-refractivity contribution in [3.63, 3.8) is 0 Å². The van der Waals surface area contributed by atoms with Crippen LogP contribution in [0.4, 0.5) is 0 Å². The molecule has 3 heterocycles. The van der Waals surface area contributed by atoms with Crippen LogP contribution in [-0.2, 0) is 84.8 Å². The number of nitrogens with zero attached hydrogens (tertiary/aromatic N) is 1. The first-order chi connectivity index (χ1) is 59.5. The van der Waals surface area contributed by atoms with Crippen molar-refractivity contribution >= 4 is 128 Å². The molecular weight excluding hydrogens is 1660 g/mol. The number of phenols is 1. The Hall–Kier alpha value is -11.3. The Labute approximate surface area is 736 Å². The molecule has 2 aromatic carbocycles. The van der Waals surface area contributed by atoms with Gasteiger partial charge in [0.25, 0.3) is 0 Å². The maximum atomic E-state index is 15.6. The summed E-state index contributed by atoms with van der Waals surface area (Å²) in [7, 11) is 1.70. The van der Waals surface area contributed by atoms with Crippen LogP contribution >= 0.6 is 21.6 Å². The summed E-state index contributed by atoms with van der Waals surface area (Å²) in [6.07, 6.45) is 0.819. The van der Waals surface area contributed by atoms with Gasteiger partial charge in [-0.1, -0.05) is 112 Å². The van der Waals surface area contributed by atoms with Gasteiger partial charge in [0, 0.05) is 50.5 Å². The molecule has 3 aliphatic heterocycles. The number of phenolic OH excluding ortho intramolecular Hbond substituents is 1. The molecule has 31 N–H and O–H groups in total.